The van der Waals surface area contributed by atoms with Gasteiger partial charge in [0.2, 0.25) is 0 Å². The van der Waals surface area contributed by atoms with E-state index < -0.39 is 6.29 Å². The van der Waals surface area contributed by atoms with E-state index in [4.69, 9.17) is 0 Å². The van der Waals surface area contributed by atoms with Crippen LogP contribution in [0.2, 0.25) is 0 Å². The number of halogens is 2. The fraction of sp³-hybridized carbons (Fsp3) is 0.500. The lowest BCUT2D eigenvalue weighted by Gasteiger charge is -2.03. The highest BCUT2D eigenvalue weighted by Crippen LogP contribution is 2.50. The summed E-state index contributed by atoms with van der Waals surface area (Å²) in [6.45, 7) is 0. The molecule has 0 bridgehead atoms. The summed E-state index contributed by atoms with van der Waals surface area (Å²) >= 11 is 0. The molecule has 0 aromatic carbocycles. The summed E-state index contributed by atoms with van der Waals surface area (Å²) in [6, 6.07) is 0. The second-order valence-corrected chi connectivity index (χ2v) is 3.29. The summed E-state index contributed by atoms with van der Waals surface area (Å²) in [6.07, 6.45) is 1.03. The summed E-state index contributed by atoms with van der Waals surface area (Å²) in [5, 5.41) is 0. The van der Waals surface area contributed by atoms with Crippen molar-refractivity contribution in [2.45, 2.75) is 12.7 Å². The van der Waals surface area contributed by atoms with Gasteiger partial charge in [-0.2, -0.15) is 0 Å². The van der Waals surface area contributed by atoms with Crippen molar-refractivity contribution >= 4 is 0 Å². The maximum absolute atomic E-state index is 12.5. The topological polar surface area (TPSA) is 18.5 Å². The van der Waals surface area contributed by atoms with Crippen LogP contribution in [0.5, 0.6) is 0 Å². The van der Waals surface area contributed by atoms with Crippen LogP contribution < -0.4 is 0 Å². The van der Waals surface area contributed by atoms with E-state index in [-0.39, 0.29) is 11.5 Å². The Bertz CT molecular complexity index is 278. The number of ether oxygens (including phenoxy) is 2. The van der Waals surface area contributed by atoms with Crippen molar-refractivity contribution in [1.82, 2.24) is 0 Å². The summed E-state index contributed by atoms with van der Waals surface area (Å²) < 4.78 is 33.5. The number of alkyl halides is 2. The van der Waals surface area contributed by atoms with Crippen molar-refractivity contribution < 1.29 is 18.3 Å². The summed E-state index contributed by atoms with van der Waals surface area (Å²) in [5.41, 5.74) is 0. The molecule has 2 fully saturated rings. The lowest BCUT2D eigenvalue weighted by atomic mass is 10.1. The number of allylic oxidation sites excluding steroid dienone is 2. The maximum atomic E-state index is 12.5. The van der Waals surface area contributed by atoms with Crippen LogP contribution in [-0.4, -0.2) is 6.29 Å². The number of fused-ring (bicyclic) bond motifs is 2. The number of rotatable bonds is 0. The van der Waals surface area contributed by atoms with Gasteiger partial charge in [0.15, 0.2) is 11.5 Å². The number of hydrogen-bond donors (Lipinski definition) is 0. The van der Waals surface area contributed by atoms with E-state index in [1.165, 1.54) is 0 Å². The summed E-state index contributed by atoms with van der Waals surface area (Å²) in [4.78, 5) is 0. The van der Waals surface area contributed by atoms with Crippen molar-refractivity contribution in [2.75, 3.05) is 0 Å². The quantitative estimate of drug-likeness (QED) is 0.556. The molecule has 0 radical (unpaired) electrons. The molecule has 0 N–H and O–H groups in total. The van der Waals surface area contributed by atoms with Crippen LogP contribution in [0, 0.1) is 11.8 Å². The Morgan fingerprint density at radius 2 is 1.67 bits per heavy atom. The van der Waals surface area contributed by atoms with E-state index in [2.05, 4.69) is 9.47 Å². The standard InChI is InChI=1S/C8H6F2O2/c9-8(10)11-6-2-4-1-5(4)3-7(6)12-8/h2-5H,1H2. The molecule has 1 aliphatic heterocycles. The van der Waals surface area contributed by atoms with Crippen LogP contribution in [0.15, 0.2) is 23.7 Å². The molecule has 1 saturated carbocycles. The van der Waals surface area contributed by atoms with Crippen LogP contribution in [0.1, 0.15) is 6.42 Å². The largest absolute Gasteiger partial charge is 0.586 e. The van der Waals surface area contributed by atoms with E-state index in [9.17, 15) is 8.78 Å². The Kier molecular flexibility index (Phi) is 0.888. The average molecular weight is 172 g/mol. The summed E-state index contributed by atoms with van der Waals surface area (Å²) in [7, 11) is 0. The SMILES string of the molecule is FC1(F)OC2=CC3CC3C=C2O1. The van der Waals surface area contributed by atoms with E-state index in [0.29, 0.717) is 11.8 Å². The molecule has 64 valence electrons. The zero-order valence-corrected chi connectivity index (χ0v) is 6.09. The van der Waals surface area contributed by atoms with Gasteiger partial charge >= 0.3 is 6.29 Å². The highest BCUT2D eigenvalue weighted by molar-refractivity contribution is 5.33. The minimum absolute atomic E-state index is 0.207. The first kappa shape index (κ1) is 6.46. The molecule has 2 atom stereocenters. The third kappa shape index (κ3) is 0.777. The Morgan fingerprint density at radius 3 is 2.17 bits per heavy atom. The zero-order chi connectivity index (χ0) is 8.34. The highest BCUT2D eigenvalue weighted by atomic mass is 19.3. The molecule has 0 amide bonds. The molecular weight excluding hydrogens is 166 g/mol. The van der Waals surface area contributed by atoms with E-state index in [1.54, 1.807) is 12.2 Å². The van der Waals surface area contributed by atoms with Crippen molar-refractivity contribution in [3.63, 3.8) is 0 Å². The normalized spacial score (nSPS) is 39.8. The van der Waals surface area contributed by atoms with Crippen LogP contribution in [0.4, 0.5) is 8.78 Å². The third-order valence-corrected chi connectivity index (χ3v) is 2.32. The van der Waals surface area contributed by atoms with E-state index in [0.717, 1.165) is 6.42 Å². The van der Waals surface area contributed by atoms with Gasteiger partial charge in [-0.25, -0.2) is 0 Å². The Hall–Kier alpha value is -1.06. The minimum Gasteiger partial charge on any atom is -0.396 e. The van der Waals surface area contributed by atoms with Crippen LogP contribution in [0.3, 0.4) is 0 Å². The van der Waals surface area contributed by atoms with Crippen molar-refractivity contribution in [3.05, 3.63) is 23.7 Å². The predicted octanol–water partition coefficient (Wildman–Crippen LogP) is 2.00. The molecule has 0 aromatic heterocycles. The van der Waals surface area contributed by atoms with Gasteiger partial charge in [-0.3, -0.25) is 0 Å². The molecule has 2 unspecified atom stereocenters. The molecule has 12 heavy (non-hydrogen) atoms. The predicted molar refractivity (Wildman–Crippen MR) is 34.9 cm³/mol. The summed E-state index contributed by atoms with van der Waals surface area (Å²) in [5.74, 6) is 1.22. The maximum Gasteiger partial charge on any atom is 0.586 e. The molecule has 1 saturated heterocycles. The third-order valence-electron chi connectivity index (χ3n) is 2.32. The van der Waals surface area contributed by atoms with Crippen molar-refractivity contribution in [2.24, 2.45) is 11.8 Å². The van der Waals surface area contributed by atoms with Crippen LogP contribution in [0.25, 0.3) is 0 Å². The smallest absolute Gasteiger partial charge is 0.396 e. The first-order valence-corrected chi connectivity index (χ1v) is 3.84. The molecule has 0 spiro atoms. The number of hydrogen-bond acceptors (Lipinski definition) is 2. The molecule has 1 heterocycles. The molecular formula is C8H6F2O2. The minimum atomic E-state index is -3.45. The van der Waals surface area contributed by atoms with Gasteiger partial charge in [0, 0.05) is 0 Å². The molecule has 4 heteroatoms. The van der Waals surface area contributed by atoms with Crippen molar-refractivity contribution in [1.29, 1.82) is 0 Å². The molecule has 3 rings (SSSR count). The fourth-order valence-electron chi connectivity index (χ4n) is 1.62. The Morgan fingerprint density at radius 1 is 1.17 bits per heavy atom. The lowest BCUT2D eigenvalue weighted by molar-refractivity contribution is -0.326. The van der Waals surface area contributed by atoms with Gasteiger partial charge in [0.05, 0.1) is 0 Å². The average Bonchev–Trinajstić information content (AvgIpc) is 2.57. The van der Waals surface area contributed by atoms with E-state index >= 15 is 0 Å². The van der Waals surface area contributed by atoms with Crippen molar-refractivity contribution in [3.8, 4) is 0 Å². The van der Waals surface area contributed by atoms with Gasteiger partial charge in [0.25, 0.3) is 0 Å². The molecule has 2 nitrogen and oxygen atoms in total. The van der Waals surface area contributed by atoms with Gasteiger partial charge < -0.3 is 9.47 Å². The Labute approximate surface area is 67.5 Å². The second kappa shape index (κ2) is 1.65. The molecule has 0 aromatic rings. The van der Waals surface area contributed by atoms with Gasteiger partial charge in [-0.1, -0.05) is 0 Å². The zero-order valence-electron chi connectivity index (χ0n) is 6.09. The fourth-order valence-corrected chi connectivity index (χ4v) is 1.62. The van der Waals surface area contributed by atoms with Crippen LogP contribution >= 0.6 is 0 Å². The Balaban J connectivity index is 1.99. The van der Waals surface area contributed by atoms with Crippen LogP contribution in [-0.2, 0) is 9.47 Å². The van der Waals surface area contributed by atoms with E-state index in [1.807, 2.05) is 0 Å². The monoisotopic (exact) mass is 172 g/mol. The second-order valence-electron chi connectivity index (χ2n) is 3.29. The molecule has 2 aliphatic carbocycles. The first-order chi connectivity index (χ1) is 5.64. The first-order valence-electron chi connectivity index (χ1n) is 3.84. The van der Waals surface area contributed by atoms with Gasteiger partial charge in [-0.05, 0) is 30.4 Å². The lowest BCUT2D eigenvalue weighted by Crippen LogP contribution is -2.14. The highest BCUT2D eigenvalue weighted by Gasteiger charge is 2.50. The molecule has 3 aliphatic rings. The van der Waals surface area contributed by atoms with Gasteiger partial charge in [-0.15, -0.1) is 8.78 Å². The van der Waals surface area contributed by atoms with Gasteiger partial charge in [0.1, 0.15) is 0 Å².